The highest BCUT2D eigenvalue weighted by Gasteiger charge is 2.30. The molecule has 21 heavy (non-hydrogen) atoms. The molecular formula is C14H12Br2F3NS. The molecule has 2 aromatic rings. The lowest BCUT2D eigenvalue weighted by Crippen LogP contribution is -2.22. The molecule has 0 spiro atoms. The van der Waals surface area contributed by atoms with Crippen molar-refractivity contribution in [3.8, 4) is 0 Å². The van der Waals surface area contributed by atoms with E-state index >= 15 is 0 Å². The summed E-state index contributed by atoms with van der Waals surface area (Å²) in [6, 6.07) is 7.11. The van der Waals surface area contributed by atoms with E-state index in [1.165, 1.54) is 23.5 Å². The molecule has 0 aliphatic rings. The molecule has 0 aliphatic heterocycles. The van der Waals surface area contributed by atoms with E-state index in [4.69, 9.17) is 0 Å². The maximum absolute atomic E-state index is 12.6. The Bertz CT molecular complexity index is 608. The first-order valence-corrected chi connectivity index (χ1v) is 8.58. The van der Waals surface area contributed by atoms with Gasteiger partial charge in [-0.2, -0.15) is 13.2 Å². The van der Waals surface area contributed by atoms with Gasteiger partial charge in [0.1, 0.15) is 0 Å². The summed E-state index contributed by atoms with van der Waals surface area (Å²) >= 11 is 8.46. The summed E-state index contributed by atoms with van der Waals surface area (Å²) in [5, 5.41) is 3.30. The van der Waals surface area contributed by atoms with Crippen LogP contribution in [0.5, 0.6) is 0 Å². The smallest absolute Gasteiger partial charge is 0.306 e. The van der Waals surface area contributed by atoms with Crippen molar-refractivity contribution in [3.05, 3.63) is 54.6 Å². The second kappa shape index (κ2) is 6.81. The van der Waals surface area contributed by atoms with Gasteiger partial charge >= 0.3 is 6.18 Å². The summed E-state index contributed by atoms with van der Waals surface area (Å²) in [5.41, 5.74) is 1.18. The van der Waals surface area contributed by atoms with Crippen molar-refractivity contribution in [2.45, 2.75) is 19.1 Å². The zero-order chi connectivity index (χ0) is 15.6. The van der Waals surface area contributed by atoms with Crippen molar-refractivity contribution in [2.24, 2.45) is 0 Å². The van der Waals surface area contributed by atoms with E-state index in [0.717, 1.165) is 30.8 Å². The van der Waals surface area contributed by atoms with Crippen molar-refractivity contribution in [1.29, 1.82) is 0 Å². The van der Waals surface area contributed by atoms with E-state index in [-0.39, 0.29) is 6.04 Å². The molecule has 7 heteroatoms. The maximum Gasteiger partial charge on any atom is 0.416 e. The third kappa shape index (κ3) is 4.09. The SMILES string of the molecule is CCNC(c1ccc(C(F)(F)F)cc1)c1cc(Br)sc1Br. The number of rotatable bonds is 4. The van der Waals surface area contributed by atoms with Crippen molar-refractivity contribution < 1.29 is 13.2 Å². The van der Waals surface area contributed by atoms with Gasteiger partial charge < -0.3 is 5.32 Å². The number of thiophene rings is 1. The molecule has 0 radical (unpaired) electrons. The monoisotopic (exact) mass is 441 g/mol. The Labute approximate surface area is 141 Å². The standard InChI is InChI=1S/C14H12Br2F3NS/c1-2-20-12(10-7-11(15)21-13(10)16)8-3-5-9(6-4-8)14(17,18)19/h3-7,12,20H,2H2,1H3. The molecule has 1 heterocycles. The summed E-state index contributed by atoms with van der Waals surface area (Å²) in [7, 11) is 0. The molecule has 1 unspecified atom stereocenters. The van der Waals surface area contributed by atoms with E-state index in [1.54, 1.807) is 0 Å². The third-order valence-electron chi connectivity index (χ3n) is 2.97. The summed E-state index contributed by atoms with van der Waals surface area (Å²) in [6.07, 6.45) is -4.31. The van der Waals surface area contributed by atoms with Crippen LogP contribution in [0.1, 0.15) is 29.7 Å². The van der Waals surface area contributed by atoms with Crippen LogP contribution in [0, 0.1) is 0 Å². The molecule has 2 rings (SSSR count). The molecular weight excluding hydrogens is 431 g/mol. The molecule has 1 atom stereocenters. The van der Waals surface area contributed by atoms with Crippen LogP contribution in [-0.2, 0) is 6.18 Å². The Balaban J connectivity index is 2.37. The zero-order valence-electron chi connectivity index (χ0n) is 11.0. The predicted molar refractivity (Wildman–Crippen MR) is 86.7 cm³/mol. The molecule has 1 aromatic carbocycles. The minimum atomic E-state index is -4.31. The first-order valence-electron chi connectivity index (χ1n) is 6.18. The van der Waals surface area contributed by atoms with E-state index in [1.807, 2.05) is 13.0 Å². The average Bonchev–Trinajstić information content (AvgIpc) is 2.74. The van der Waals surface area contributed by atoms with Crippen LogP contribution in [0.4, 0.5) is 13.2 Å². The Hall–Kier alpha value is -0.370. The number of hydrogen-bond donors (Lipinski definition) is 1. The second-order valence-corrected chi connectivity index (χ2v) is 8.14. The van der Waals surface area contributed by atoms with Gasteiger partial charge in [0.2, 0.25) is 0 Å². The van der Waals surface area contributed by atoms with E-state index in [0.29, 0.717) is 6.54 Å². The van der Waals surface area contributed by atoms with Crippen LogP contribution in [0.2, 0.25) is 0 Å². The normalized spacial score (nSPS) is 13.4. The van der Waals surface area contributed by atoms with Crippen LogP contribution in [0.15, 0.2) is 37.9 Å². The highest BCUT2D eigenvalue weighted by atomic mass is 79.9. The van der Waals surface area contributed by atoms with Crippen molar-refractivity contribution in [2.75, 3.05) is 6.54 Å². The van der Waals surface area contributed by atoms with Gasteiger partial charge in [-0.3, -0.25) is 0 Å². The van der Waals surface area contributed by atoms with Crippen LogP contribution >= 0.6 is 43.2 Å². The fourth-order valence-corrected chi connectivity index (χ4v) is 4.93. The van der Waals surface area contributed by atoms with Gasteiger partial charge in [0.05, 0.1) is 19.2 Å². The van der Waals surface area contributed by atoms with Gasteiger partial charge in [0.15, 0.2) is 0 Å². The number of halogens is 5. The highest BCUT2D eigenvalue weighted by molar-refractivity contribution is 9.12. The van der Waals surface area contributed by atoms with Crippen LogP contribution in [0.25, 0.3) is 0 Å². The summed E-state index contributed by atoms with van der Waals surface area (Å²) in [6.45, 7) is 2.68. The Morgan fingerprint density at radius 3 is 2.24 bits per heavy atom. The van der Waals surface area contributed by atoms with Crippen LogP contribution in [-0.4, -0.2) is 6.54 Å². The van der Waals surface area contributed by atoms with Crippen LogP contribution in [0.3, 0.4) is 0 Å². The quantitative estimate of drug-likeness (QED) is 0.613. The third-order valence-corrected chi connectivity index (χ3v) is 5.36. The van der Waals surface area contributed by atoms with Crippen LogP contribution < -0.4 is 5.32 Å². The zero-order valence-corrected chi connectivity index (χ0v) is 15.0. The fraction of sp³-hybridized carbons (Fsp3) is 0.286. The van der Waals surface area contributed by atoms with E-state index in [9.17, 15) is 13.2 Å². The van der Waals surface area contributed by atoms with Gasteiger partial charge in [0.25, 0.3) is 0 Å². The maximum atomic E-state index is 12.6. The molecule has 1 N–H and O–H groups in total. The molecule has 0 amide bonds. The summed E-state index contributed by atoms with van der Waals surface area (Å²) < 4.78 is 39.8. The van der Waals surface area contributed by atoms with E-state index in [2.05, 4.69) is 37.2 Å². The lowest BCUT2D eigenvalue weighted by Gasteiger charge is -2.19. The minimum absolute atomic E-state index is 0.144. The molecule has 0 bridgehead atoms. The summed E-state index contributed by atoms with van der Waals surface area (Å²) in [5.74, 6) is 0. The largest absolute Gasteiger partial charge is 0.416 e. The van der Waals surface area contributed by atoms with Gasteiger partial charge in [-0.1, -0.05) is 19.1 Å². The molecule has 0 aliphatic carbocycles. The Kier molecular flexibility index (Phi) is 5.51. The van der Waals surface area contributed by atoms with Gasteiger partial charge in [-0.15, -0.1) is 11.3 Å². The lowest BCUT2D eigenvalue weighted by molar-refractivity contribution is -0.137. The second-order valence-electron chi connectivity index (χ2n) is 4.39. The van der Waals surface area contributed by atoms with Gasteiger partial charge in [0, 0.05) is 0 Å². The molecule has 1 nitrogen and oxygen atoms in total. The molecule has 1 aromatic heterocycles. The summed E-state index contributed by atoms with van der Waals surface area (Å²) in [4.78, 5) is 0. The molecule has 114 valence electrons. The van der Waals surface area contributed by atoms with Gasteiger partial charge in [-0.25, -0.2) is 0 Å². The fourth-order valence-electron chi connectivity index (χ4n) is 2.03. The first-order chi connectivity index (χ1) is 9.82. The van der Waals surface area contributed by atoms with E-state index < -0.39 is 11.7 Å². The van der Waals surface area contributed by atoms with Crippen molar-refractivity contribution in [1.82, 2.24) is 5.32 Å². The minimum Gasteiger partial charge on any atom is -0.306 e. The molecule has 0 saturated heterocycles. The van der Waals surface area contributed by atoms with Gasteiger partial charge in [-0.05, 0) is 67.7 Å². The number of nitrogens with one attached hydrogen (secondary N) is 1. The molecule has 0 saturated carbocycles. The number of hydrogen-bond acceptors (Lipinski definition) is 2. The lowest BCUT2D eigenvalue weighted by atomic mass is 10.00. The molecule has 0 fully saturated rings. The Morgan fingerprint density at radius 1 is 1.19 bits per heavy atom. The number of alkyl halides is 3. The topological polar surface area (TPSA) is 12.0 Å². The van der Waals surface area contributed by atoms with Crippen molar-refractivity contribution >= 4 is 43.2 Å². The average molecular weight is 443 g/mol. The predicted octanol–water partition coefficient (Wildman–Crippen LogP) is 5.99. The first kappa shape index (κ1) is 17.0. The highest BCUT2D eigenvalue weighted by Crippen LogP contribution is 2.38. The number of benzene rings is 1. The van der Waals surface area contributed by atoms with Crippen molar-refractivity contribution in [3.63, 3.8) is 0 Å². The Morgan fingerprint density at radius 2 is 1.81 bits per heavy atom.